The van der Waals surface area contributed by atoms with Crippen LogP contribution in [0.2, 0.25) is 0 Å². The SMILES string of the molecule is CCCNCC(C)(O)COc1cc(C#N)ccc1C. The maximum atomic E-state index is 10.2. The Morgan fingerprint density at radius 2 is 2.21 bits per heavy atom. The van der Waals surface area contributed by atoms with Crippen LogP contribution in [0.5, 0.6) is 5.75 Å². The fourth-order valence-electron chi connectivity index (χ4n) is 1.64. The van der Waals surface area contributed by atoms with Gasteiger partial charge in [0, 0.05) is 6.54 Å². The van der Waals surface area contributed by atoms with Crippen LogP contribution in [0.15, 0.2) is 18.2 Å². The highest BCUT2D eigenvalue weighted by Gasteiger charge is 2.21. The number of rotatable bonds is 7. The van der Waals surface area contributed by atoms with Gasteiger partial charge in [-0.1, -0.05) is 13.0 Å². The molecule has 0 radical (unpaired) electrons. The summed E-state index contributed by atoms with van der Waals surface area (Å²) in [6.45, 7) is 7.28. The minimum atomic E-state index is -0.926. The minimum Gasteiger partial charge on any atom is -0.490 e. The van der Waals surface area contributed by atoms with Crippen LogP contribution in [0.3, 0.4) is 0 Å². The van der Waals surface area contributed by atoms with Crippen molar-refractivity contribution in [3.05, 3.63) is 29.3 Å². The summed E-state index contributed by atoms with van der Waals surface area (Å²) >= 11 is 0. The molecule has 0 bridgehead atoms. The quantitative estimate of drug-likeness (QED) is 0.738. The van der Waals surface area contributed by atoms with E-state index in [1.807, 2.05) is 13.0 Å². The van der Waals surface area contributed by atoms with Crippen LogP contribution >= 0.6 is 0 Å². The molecular formula is C15H22N2O2. The zero-order valence-electron chi connectivity index (χ0n) is 11.9. The lowest BCUT2D eigenvalue weighted by Crippen LogP contribution is -2.43. The monoisotopic (exact) mass is 262 g/mol. The number of nitrogens with one attached hydrogen (secondary N) is 1. The van der Waals surface area contributed by atoms with Crippen molar-refractivity contribution in [2.75, 3.05) is 19.7 Å². The van der Waals surface area contributed by atoms with Gasteiger partial charge in [-0.05, 0) is 44.5 Å². The summed E-state index contributed by atoms with van der Waals surface area (Å²) in [5.41, 5.74) is 0.588. The predicted octanol–water partition coefficient (Wildman–Crippen LogP) is 2.00. The van der Waals surface area contributed by atoms with Crippen LogP contribution in [0, 0.1) is 18.3 Å². The third-order valence-electron chi connectivity index (χ3n) is 2.79. The summed E-state index contributed by atoms with van der Waals surface area (Å²) in [6, 6.07) is 7.38. The standard InChI is InChI=1S/C15H22N2O2/c1-4-7-17-10-15(3,18)11-19-14-8-13(9-16)6-5-12(14)2/h5-6,8,17-18H,4,7,10-11H2,1-3H3. The highest BCUT2D eigenvalue weighted by molar-refractivity contribution is 5.41. The number of nitrogens with zero attached hydrogens (tertiary/aromatic N) is 1. The molecule has 4 heteroatoms. The van der Waals surface area contributed by atoms with E-state index in [1.54, 1.807) is 19.1 Å². The van der Waals surface area contributed by atoms with Gasteiger partial charge in [0.1, 0.15) is 18.0 Å². The fraction of sp³-hybridized carbons (Fsp3) is 0.533. The van der Waals surface area contributed by atoms with E-state index in [0.717, 1.165) is 18.5 Å². The molecule has 0 aliphatic heterocycles. The molecule has 0 aliphatic carbocycles. The van der Waals surface area contributed by atoms with E-state index in [-0.39, 0.29) is 6.61 Å². The normalized spacial score (nSPS) is 13.6. The molecule has 104 valence electrons. The third kappa shape index (κ3) is 5.29. The van der Waals surface area contributed by atoms with Gasteiger partial charge < -0.3 is 15.2 Å². The maximum absolute atomic E-state index is 10.2. The highest BCUT2D eigenvalue weighted by Crippen LogP contribution is 2.20. The van der Waals surface area contributed by atoms with E-state index in [1.165, 1.54) is 0 Å². The van der Waals surface area contributed by atoms with Crippen LogP contribution in [-0.2, 0) is 0 Å². The summed E-state index contributed by atoms with van der Waals surface area (Å²) in [7, 11) is 0. The van der Waals surface area contributed by atoms with Gasteiger partial charge in [0.25, 0.3) is 0 Å². The first-order chi connectivity index (χ1) is 8.98. The Balaban J connectivity index is 2.58. The van der Waals surface area contributed by atoms with Crippen LogP contribution in [-0.4, -0.2) is 30.4 Å². The molecule has 0 saturated heterocycles. The molecule has 0 saturated carbocycles. The lowest BCUT2D eigenvalue weighted by Gasteiger charge is -2.24. The number of hydrogen-bond donors (Lipinski definition) is 2. The largest absolute Gasteiger partial charge is 0.490 e. The minimum absolute atomic E-state index is 0.194. The molecule has 1 atom stereocenters. The Bertz CT molecular complexity index is 450. The third-order valence-corrected chi connectivity index (χ3v) is 2.79. The maximum Gasteiger partial charge on any atom is 0.123 e. The van der Waals surface area contributed by atoms with Gasteiger partial charge in [-0.3, -0.25) is 0 Å². The smallest absolute Gasteiger partial charge is 0.123 e. The van der Waals surface area contributed by atoms with Crippen molar-refractivity contribution in [1.29, 1.82) is 5.26 Å². The van der Waals surface area contributed by atoms with Gasteiger partial charge in [-0.25, -0.2) is 0 Å². The lowest BCUT2D eigenvalue weighted by atomic mass is 10.1. The Morgan fingerprint density at radius 1 is 1.47 bits per heavy atom. The summed E-state index contributed by atoms with van der Waals surface area (Å²) < 4.78 is 5.63. The first-order valence-electron chi connectivity index (χ1n) is 6.55. The van der Waals surface area contributed by atoms with Crippen LogP contribution in [0.1, 0.15) is 31.4 Å². The molecule has 19 heavy (non-hydrogen) atoms. The molecule has 1 rings (SSSR count). The van der Waals surface area contributed by atoms with Crippen molar-refractivity contribution in [2.45, 2.75) is 32.8 Å². The van der Waals surface area contributed by atoms with Gasteiger partial charge in [0.05, 0.1) is 11.6 Å². The van der Waals surface area contributed by atoms with Gasteiger partial charge in [-0.2, -0.15) is 5.26 Å². The molecule has 0 aliphatic rings. The van der Waals surface area contributed by atoms with Gasteiger partial charge in [0.2, 0.25) is 0 Å². The second kappa shape index (κ2) is 7.13. The first-order valence-corrected chi connectivity index (χ1v) is 6.55. The van der Waals surface area contributed by atoms with Crippen molar-refractivity contribution >= 4 is 0 Å². The zero-order valence-corrected chi connectivity index (χ0v) is 11.9. The first kappa shape index (κ1) is 15.5. The fourth-order valence-corrected chi connectivity index (χ4v) is 1.64. The zero-order chi connectivity index (χ0) is 14.3. The van der Waals surface area contributed by atoms with Crippen molar-refractivity contribution in [1.82, 2.24) is 5.32 Å². The van der Waals surface area contributed by atoms with Crippen LogP contribution < -0.4 is 10.1 Å². The molecule has 0 aromatic heterocycles. The second-order valence-electron chi connectivity index (χ2n) is 5.05. The van der Waals surface area contributed by atoms with Crippen LogP contribution in [0.4, 0.5) is 0 Å². The second-order valence-corrected chi connectivity index (χ2v) is 5.05. The molecular weight excluding hydrogens is 240 g/mol. The number of nitriles is 1. The number of aliphatic hydroxyl groups is 1. The Hall–Kier alpha value is -1.57. The van der Waals surface area contributed by atoms with Crippen molar-refractivity contribution in [2.24, 2.45) is 0 Å². The van der Waals surface area contributed by atoms with Crippen LogP contribution in [0.25, 0.3) is 0 Å². The lowest BCUT2D eigenvalue weighted by molar-refractivity contribution is 0.0123. The molecule has 1 aromatic carbocycles. The summed E-state index contributed by atoms with van der Waals surface area (Å²) in [5, 5.41) is 22.2. The topological polar surface area (TPSA) is 65.3 Å². The predicted molar refractivity (Wildman–Crippen MR) is 75.2 cm³/mol. The molecule has 0 amide bonds. The Morgan fingerprint density at radius 3 is 2.84 bits per heavy atom. The highest BCUT2D eigenvalue weighted by atomic mass is 16.5. The number of hydrogen-bond acceptors (Lipinski definition) is 4. The molecule has 0 heterocycles. The Kier molecular flexibility index (Phi) is 5.81. The molecule has 1 aromatic rings. The van der Waals surface area contributed by atoms with Gasteiger partial charge in [-0.15, -0.1) is 0 Å². The summed E-state index contributed by atoms with van der Waals surface area (Å²) in [6.07, 6.45) is 1.03. The van der Waals surface area contributed by atoms with E-state index in [9.17, 15) is 5.11 Å². The number of aryl methyl sites for hydroxylation is 1. The molecule has 1 unspecified atom stereocenters. The molecule has 0 fully saturated rings. The van der Waals surface area contributed by atoms with Gasteiger partial charge in [0.15, 0.2) is 0 Å². The van der Waals surface area contributed by atoms with Crippen molar-refractivity contribution < 1.29 is 9.84 Å². The summed E-state index contributed by atoms with van der Waals surface area (Å²) in [5.74, 6) is 0.648. The molecule has 2 N–H and O–H groups in total. The molecule has 0 spiro atoms. The summed E-state index contributed by atoms with van der Waals surface area (Å²) in [4.78, 5) is 0. The van der Waals surface area contributed by atoms with E-state index in [2.05, 4.69) is 18.3 Å². The number of ether oxygens (including phenoxy) is 1. The average molecular weight is 262 g/mol. The van der Waals surface area contributed by atoms with Gasteiger partial charge >= 0.3 is 0 Å². The number of benzene rings is 1. The average Bonchev–Trinajstić information content (AvgIpc) is 2.38. The van der Waals surface area contributed by atoms with Crippen molar-refractivity contribution in [3.8, 4) is 11.8 Å². The van der Waals surface area contributed by atoms with E-state index in [4.69, 9.17) is 10.00 Å². The van der Waals surface area contributed by atoms with Crippen molar-refractivity contribution in [3.63, 3.8) is 0 Å². The van der Waals surface area contributed by atoms with E-state index in [0.29, 0.717) is 17.9 Å². The molecule has 4 nitrogen and oxygen atoms in total. The van der Waals surface area contributed by atoms with E-state index >= 15 is 0 Å². The Labute approximate surface area is 115 Å². The van der Waals surface area contributed by atoms with E-state index < -0.39 is 5.60 Å².